The van der Waals surface area contributed by atoms with Gasteiger partial charge in [0.2, 0.25) is 0 Å². The molecule has 66 valence electrons. The van der Waals surface area contributed by atoms with Gasteiger partial charge in [0.15, 0.2) is 0 Å². The number of benzene rings is 1. The van der Waals surface area contributed by atoms with E-state index in [0.717, 1.165) is 11.3 Å². The Morgan fingerprint density at radius 2 is 2.00 bits per heavy atom. The van der Waals surface area contributed by atoms with Gasteiger partial charge in [0.1, 0.15) is 6.29 Å². The summed E-state index contributed by atoms with van der Waals surface area (Å²) in [7, 11) is 0. The first-order valence-electron chi connectivity index (χ1n) is 3.73. The van der Waals surface area contributed by atoms with E-state index in [1.165, 1.54) is 0 Å². The van der Waals surface area contributed by atoms with Crippen LogP contribution >= 0.6 is 0 Å². The van der Waals surface area contributed by atoms with E-state index in [2.05, 4.69) is 5.32 Å². The number of aryl methyl sites for hydroxylation is 1. The Bertz CT molecular complexity index is 270. The second kappa shape index (κ2) is 3.42. The van der Waals surface area contributed by atoms with Gasteiger partial charge >= 0.3 is 0 Å². The molecule has 1 aromatic rings. The van der Waals surface area contributed by atoms with Crippen LogP contribution in [0.25, 0.3) is 0 Å². The van der Waals surface area contributed by atoms with Crippen molar-refractivity contribution in [2.75, 3.05) is 11.1 Å². The lowest BCUT2D eigenvalue weighted by atomic mass is 10.2. The molecule has 0 radical (unpaired) electrons. The van der Waals surface area contributed by atoms with E-state index < -0.39 is 6.29 Å². The minimum absolute atomic E-state index is 0.550. The SMILES string of the molecule is Cc1ccc(N)cc1NC(N)N. The zero-order valence-corrected chi connectivity index (χ0v) is 7.04. The number of nitrogens with two attached hydrogens (primary N) is 3. The molecule has 0 spiro atoms. The molecule has 1 aromatic carbocycles. The summed E-state index contributed by atoms with van der Waals surface area (Å²) >= 11 is 0. The summed E-state index contributed by atoms with van der Waals surface area (Å²) < 4.78 is 0. The molecule has 0 bridgehead atoms. The van der Waals surface area contributed by atoms with E-state index in [9.17, 15) is 0 Å². The molecule has 0 fully saturated rings. The summed E-state index contributed by atoms with van der Waals surface area (Å²) in [5.41, 5.74) is 19.0. The Morgan fingerprint density at radius 3 is 2.58 bits per heavy atom. The topological polar surface area (TPSA) is 90.1 Å². The number of rotatable bonds is 2. The van der Waals surface area contributed by atoms with Crippen LogP contribution in [0.5, 0.6) is 0 Å². The van der Waals surface area contributed by atoms with Crippen molar-refractivity contribution in [1.82, 2.24) is 0 Å². The van der Waals surface area contributed by atoms with E-state index in [0.29, 0.717) is 5.69 Å². The maximum Gasteiger partial charge on any atom is 0.127 e. The third kappa shape index (κ3) is 2.11. The molecule has 0 aromatic heterocycles. The third-order valence-corrected chi connectivity index (χ3v) is 1.58. The molecule has 0 saturated heterocycles. The highest BCUT2D eigenvalue weighted by Crippen LogP contribution is 2.17. The van der Waals surface area contributed by atoms with Crippen LogP contribution in [0.3, 0.4) is 0 Å². The summed E-state index contributed by atoms with van der Waals surface area (Å²) in [6, 6.07) is 5.56. The summed E-state index contributed by atoms with van der Waals surface area (Å²) in [6.45, 7) is 1.96. The first-order valence-corrected chi connectivity index (χ1v) is 3.73. The predicted molar refractivity (Wildman–Crippen MR) is 51.4 cm³/mol. The Labute approximate surface area is 71.7 Å². The van der Waals surface area contributed by atoms with Crippen LogP contribution in [0.15, 0.2) is 18.2 Å². The van der Waals surface area contributed by atoms with Gasteiger partial charge < -0.3 is 11.1 Å². The van der Waals surface area contributed by atoms with Gasteiger partial charge in [-0.3, -0.25) is 11.5 Å². The Balaban J connectivity index is 2.90. The monoisotopic (exact) mass is 166 g/mol. The van der Waals surface area contributed by atoms with Gasteiger partial charge in [-0.15, -0.1) is 0 Å². The molecule has 0 aliphatic rings. The number of nitrogens with one attached hydrogen (secondary N) is 1. The van der Waals surface area contributed by atoms with Crippen LogP contribution in [0.1, 0.15) is 5.56 Å². The number of nitrogen functional groups attached to an aromatic ring is 1. The van der Waals surface area contributed by atoms with Crippen molar-refractivity contribution in [3.05, 3.63) is 23.8 Å². The maximum atomic E-state index is 5.58. The molecule has 1 rings (SSSR count). The number of hydrogen-bond acceptors (Lipinski definition) is 4. The molecule has 0 aliphatic carbocycles. The van der Waals surface area contributed by atoms with Gasteiger partial charge in [0.25, 0.3) is 0 Å². The molecular weight excluding hydrogens is 152 g/mol. The van der Waals surface area contributed by atoms with E-state index in [1.54, 1.807) is 0 Å². The highest BCUT2D eigenvalue weighted by Gasteiger charge is 1.99. The van der Waals surface area contributed by atoms with E-state index in [1.807, 2.05) is 25.1 Å². The highest BCUT2D eigenvalue weighted by atomic mass is 15.1. The first kappa shape index (κ1) is 8.83. The number of hydrogen-bond donors (Lipinski definition) is 4. The maximum absolute atomic E-state index is 5.58. The van der Waals surface area contributed by atoms with Crippen molar-refractivity contribution in [2.24, 2.45) is 11.5 Å². The third-order valence-electron chi connectivity index (χ3n) is 1.58. The molecule has 4 heteroatoms. The van der Waals surface area contributed by atoms with Gasteiger partial charge in [-0.05, 0) is 24.6 Å². The summed E-state index contributed by atoms with van der Waals surface area (Å²) in [6.07, 6.45) is -0.550. The normalized spacial score (nSPS) is 10.3. The number of anilines is 2. The quantitative estimate of drug-likeness (QED) is 0.373. The fourth-order valence-corrected chi connectivity index (χ4v) is 0.975. The molecule has 7 N–H and O–H groups in total. The minimum atomic E-state index is -0.550. The minimum Gasteiger partial charge on any atom is -0.399 e. The smallest absolute Gasteiger partial charge is 0.127 e. The molecule has 0 unspecified atom stereocenters. The molecule has 0 atom stereocenters. The van der Waals surface area contributed by atoms with Crippen molar-refractivity contribution in [3.8, 4) is 0 Å². The summed E-state index contributed by atoms with van der Waals surface area (Å²) in [5.74, 6) is 0. The van der Waals surface area contributed by atoms with Gasteiger partial charge in [-0.2, -0.15) is 0 Å². The summed E-state index contributed by atoms with van der Waals surface area (Å²) in [4.78, 5) is 0. The molecule has 12 heavy (non-hydrogen) atoms. The zero-order chi connectivity index (χ0) is 9.14. The van der Waals surface area contributed by atoms with E-state index in [4.69, 9.17) is 17.2 Å². The molecule has 0 amide bonds. The molecule has 0 aliphatic heterocycles. The standard InChI is InChI=1S/C8H14N4/c1-5-2-3-6(9)4-7(5)12-8(10)11/h2-4,8,12H,9-11H2,1H3. The molecule has 0 saturated carbocycles. The van der Waals surface area contributed by atoms with Crippen LogP contribution in [-0.2, 0) is 0 Å². The molecule has 0 heterocycles. The fourth-order valence-electron chi connectivity index (χ4n) is 0.975. The van der Waals surface area contributed by atoms with Crippen LogP contribution in [0.2, 0.25) is 0 Å². The van der Waals surface area contributed by atoms with Crippen molar-refractivity contribution in [2.45, 2.75) is 13.2 Å². The van der Waals surface area contributed by atoms with Crippen LogP contribution in [0.4, 0.5) is 11.4 Å². The van der Waals surface area contributed by atoms with Crippen LogP contribution < -0.4 is 22.5 Å². The lowest BCUT2D eigenvalue weighted by molar-refractivity contribution is 0.806. The van der Waals surface area contributed by atoms with Gasteiger partial charge in [0, 0.05) is 11.4 Å². The van der Waals surface area contributed by atoms with Crippen LogP contribution in [-0.4, -0.2) is 6.29 Å². The second-order valence-corrected chi connectivity index (χ2v) is 2.74. The average Bonchev–Trinajstić information content (AvgIpc) is 1.96. The van der Waals surface area contributed by atoms with E-state index in [-0.39, 0.29) is 0 Å². The molecular formula is C8H14N4. The van der Waals surface area contributed by atoms with E-state index >= 15 is 0 Å². The lowest BCUT2D eigenvalue weighted by Gasteiger charge is -2.12. The molecule has 4 nitrogen and oxygen atoms in total. The lowest BCUT2D eigenvalue weighted by Crippen LogP contribution is -2.38. The second-order valence-electron chi connectivity index (χ2n) is 2.74. The van der Waals surface area contributed by atoms with Crippen molar-refractivity contribution in [1.29, 1.82) is 0 Å². The van der Waals surface area contributed by atoms with Crippen molar-refractivity contribution >= 4 is 11.4 Å². The Kier molecular flexibility index (Phi) is 2.52. The highest BCUT2D eigenvalue weighted by molar-refractivity contribution is 5.59. The largest absolute Gasteiger partial charge is 0.399 e. The first-order chi connectivity index (χ1) is 5.59. The van der Waals surface area contributed by atoms with Crippen molar-refractivity contribution < 1.29 is 0 Å². The van der Waals surface area contributed by atoms with Gasteiger partial charge in [0.05, 0.1) is 0 Å². The summed E-state index contributed by atoms with van der Waals surface area (Å²) in [5, 5.41) is 2.89. The zero-order valence-electron chi connectivity index (χ0n) is 7.04. The Morgan fingerprint density at radius 1 is 1.33 bits per heavy atom. The van der Waals surface area contributed by atoms with Gasteiger partial charge in [-0.25, -0.2) is 0 Å². The fraction of sp³-hybridized carbons (Fsp3) is 0.250. The van der Waals surface area contributed by atoms with Crippen LogP contribution in [0, 0.1) is 6.92 Å². The van der Waals surface area contributed by atoms with Gasteiger partial charge in [-0.1, -0.05) is 6.07 Å². The average molecular weight is 166 g/mol. The Hall–Kier alpha value is -1.26. The van der Waals surface area contributed by atoms with Crippen molar-refractivity contribution in [3.63, 3.8) is 0 Å². The predicted octanol–water partition coefficient (Wildman–Crippen LogP) is 0.190.